The molecule has 0 fully saturated rings. The lowest BCUT2D eigenvalue weighted by Crippen LogP contribution is -1.84. The number of pyridine rings is 1. The summed E-state index contributed by atoms with van der Waals surface area (Å²) in [5.41, 5.74) is 0.704. The van der Waals surface area contributed by atoms with Gasteiger partial charge in [-0.2, -0.15) is 0 Å². The van der Waals surface area contributed by atoms with Crippen molar-refractivity contribution in [2.24, 2.45) is 0 Å². The van der Waals surface area contributed by atoms with Gasteiger partial charge in [0.05, 0.1) is 12.6 Å². The molecule has 1 aromatic carbocycles. The van der Waals surface area contributed by atoms with Gasteiger partial charge in [-0.3, -0.25) is 0 Å². The van der Waals surface area contributed by atoms with E-state index in [2.05, 4.69) is 11.1 Å². The van der Waals surface area contributed by atoms with E-state index in [0.29, 0.717) is 5.52 Å². The Morgan fingerprint density at radius 3 is 3.08 bits per heavy atom. The van der Waals surface area contributed by atoms with Gasteiger partial charge in [0, 0.05) is 17.5 Å². The SMILES string of the molecule is COc1ccc2c[c]c(O)nc2c1. The molecule has 0 bridgehead atoms. The first kappa shape index (κ1) is 7.86. The molecule has 0 aliphatic heterocycles. The van der Waals surface area contributed by atoms with Crippen molar-refractivity contribution in [2.45, 2.75) is 0 Å². The third-order valence-electron chi connectivity index (χ3n) is 1.82. The summed E-state index contributed by atoms with van der Waals surface area (Å²) >= 11 is 0. The minimum absolute atomic E-state index is 0.0965. The smallest absolute Gasteiger partial charge is 0.219 e. The molecule has 0 amide bonds. The average molecular weight is 174 g/mol. The fraction of sp³-hybridized carbons (Fsp3) is 0.100. The molecule has 1 radical (unpaired) electrons. The van der Waals surface area contributed by atoms with Crippen molar-refractivity contribution in [3.63, 3.8) is 0 Å². The third kappa shape index (κ3) is 1.40. The second-order valence-corrected chi connectivity index (χ2v) is 2.65. The lowest BCUT2D eigenvalue weighted by atomic mass is 10.2. The van der Waals surface area contributed by atoms with Crippen LogP contribution in [0.15, 0.2) is 24.3 Å². The molecule has 1 aromatic heterocycles. The van der Waals surface area contributed by atoms with E-state index in [1.165, 1.54) is 0 Å². The van der Waals surface area contributed by atoms with Gasteiger partial charge in [-0.05, 0) is 18.2 Å². The summed E-state index contributed by atoms with van der Waals surface area (Å²) in [4.78, 5) is 3.90. The molecule has 0 atom stereocenters. The maximum atomic E-state index is 9.09. The second kappa shape index (κ2) is 2.94. The van der Waals surface area contributed by atoms with Crippen LogP contribution in [0, 0.1) is 6.07 Å². The van der Waals surface area contributed by atoms with E-state index >= 15 is 0 Å². The molecule has 3 heteroatoms. The number of nitrogens with zero attached hydrogens (tertiary/aromatic N) is 1. The van der Waals surface area contributed by atoms with Crippen LogP contribution in [0.2, 0.25) is 0 Å². The fourth-order valence-corrected chi connectivity index (χ4v) is 1.16. The Morgan fingerprint density at radius 1 is 1.46 bits per heavy atom. The summed E-state index contributed by atoms with van der Waals surface area (Å²) in [6.45, 7) is 0. The van der Waals surface area contributed by atoms with Crippen LogP contribution in [0.25, 0.3) is 10.9 Å². The Bertz CT molecular complexity index is 440. The highest BCUT2D eigenvalue weighted by molar-refractivity contribution is 5.80. The Balaban J connectivity index is 2.68. The standard InChI is InChI=1S/C10H8NO2/c1-13-8-4-2-7-3-5-10(12)11-9(7)6-8/h2-4,6H,1H3,(H,11,12). The number of ether oxygens (including phenoxy) is 1. The second-order valence-electron chi connectivity index (χ2n) is 2.65. The highest BCUT2D eigenvalue weighted by Crippen LogP contribution is 2.20. The van der Waals surface area contributed by atoms with E-state index in [4.69, 9.17) is 9.84 Å². The fourth-order valence-electron chi connectivity index (χ4n) is 1.16. The molecule has 13 heavy (non-hydrogen) atoms. The number of aromatic hydroxyl groups is 1. The van der Waals surface area contributed by atoms with Gasteiger partial charge in [0.2, 0.25) is 5.88 Å². The predicted molar refractivity (Wildman–Crippen MR) is 48.8 cm³/mol. The van der Waals surface area contributed by atoms with E-state index in [9.17, 15) is 0 Å². The first-order valence-electron chi connectivity index (χ1n) is 3.85. The van der Waals surface area contributed by atoms with Gasteiger partial charge in [0.15, 0.2) is 0 Å². The largest absolute Gasteiger partial charge is 0.497 e. The van der Waals surface area contributed by atoms with Gasteiger partial charge >= 0.3 is 0 Å². The molecule has 65 valence electrons. The predicted octanol–water partition coefficient (Wildman–Crippen LogP) is 1.75. The monoisotopic (exact) mass is 174 g/mol. The van der Waals surface area contributed by atoms with E-state index in [-0.39, 0.29) is 5.88 Å². The Kier molecular flexibility index (Phi) is 1.77. The van der Waals surface area contributed by atoms with Gasteiger partial charge in [0.1, 0.15) is 5.75 Å². The van der Waals surface area contributed by atoms with Crippen molar-refractivity contribution in [3.8, 4) is 11.6 Å². The average Bonchev–Trinajstić information content (AvgIpc) is 2.16. The Morgan fingerprint density at radius 2 is 2.31 bits per heavy atom. The maximum absolute atomic E-state index is 9.09. The van der Waals surface area contributed by atoms with Gasteiger partial charge in [-0.25, -0.2) is 4.98 Å². The molecule has 1 N–H and O–H groups in total. The molecular formula is C10H8NO2. The van der Waals surface area contributed by atoms with Gasteiger partial charge in [0.25, 0.3) is 0 Å². The van der Waals surface area contributed by atoms with E-state index in [0.717, 1.165) is 11.1 Å². The minimum Gasteiger partial charge on any atom is -0.497 e. The van der Waals surface area contributed by atoms with Crippen molar-refractivity contribution >= 4 is 10.9 Å². The molecule has 0 saturated carbocycles. The molecule has 1 heterocycles. The first-order valence-corrected chi connectivity index (χ1v) is 3.85. The normalized spacial score (nSPS) is 10.2. The van der Waals surface area contributed by atoms with Crippen molar-refractivity contribution in [1.82, 2.24) is 4.98 Å². The van der Waals surface area contributed by atoms with Crippen LogP contribution in [0.4, 0.5) is 0 Å². The summed E-state index contributed by atoms with van der Waals surface area (Å²) in [6.07, 6.45) is 0. The summed E-state index contributed by atoms with van der Waals surface area (Å²) in [6, 6.07) is 9.79. The Labute approximate surface area is 75.6 Å². The van der Waals surface area contributed by atoms with Crippen LogP contribution in [0.5, 0.6) is 11.6 Å². The zero-order valence-corrected chi connectivity index (χ0v) is 7.11. The molecule has 0 aliphatic carbocycles. The summed E-state index contributed by atoms with van der Waals surface area (Å²) in [5.74, 6) is 0.631. The van der Waals surface area contributed by atoms with Crippen LogP contribution in [0.1, 0.15) is 0 Å². The molecular weight excluding hydrogens is 166 g/mol. The molecule has 0 aliphatic rings. The van der Waals surface area contributed by atoms with Crippen molar-refractivity contribution in [1.29, 1.82) is 0 Å². The quantitative estimate of drug-likeness (QED) is 0.716. The summed E-state index contributed by atoms with van der Waals surface area (Å²) in [7, 11) is 1.59. The van der Waals surface area contributed by atoms with Crippen LogP contribution < -0.4 is 4.74 Å². The summed E-state index contributed by atoms with van der Waals surface area (Å²) < 4.78 is 5.03. The zero-order valence-electron chi connectivity index (χ0n) is 7.11. The van der Waals surface area contributed by atoms with Crippen molar-refractivity contribution < 1.29 is 9.84 Å². The number of fused-ring (bicyclic) bond motifs is 1. The summed E-state index contributed by atoms with van der Waals surface area (Å²) in [5, 5.41) is 10.0. The molecule has 2 aromatic rings. The number of hydrogen-bond donors (Lipinski definition) is 1. The third-order valence-corrected chi connectivity index (χ3v) is 1.82. The van der Waals surface area contributed by atoms with Crippen LogP contribution >= 0.6 is 0 Å². The van der Waals surface area contributed by atoms with Crippen molar-refractivity contribution in [3.05, 3.63) is 30.3 Å². The van der Waals surface area contributed by atoms with E-state index in [1.54, 1.807) is 19.2 Å². The topological polar surface area (TPSA) is 42.4 Å². The first-order chi connectivity index (χ1) is 6.29. The van der Waals surface area contributed by atoms with Gasteiger partial charge in [-0.15, -0.1) is 0 Å². The number of aromatic nitrogens is 1. The molecule has 0 spiro atoms. The minimum atomic E-state index is -0.0965. The highest BCUT2D eigenvalue weighted by atomic mass is 16.5. The van der Waals surface area contributed by atoms with Crippen LogP contribution in [-0.4, -0.2) is 17.2 Å². The zero-order chi connectivity index (χ0) is 9.26. The number of methoxy groups -OCH3 is 1. The number of benzene rings is 1. The molecule has 0 unspecified atom stereocenters. The maximum Gasteiger partial charge on any atom is 0.219 e. The number of rotatable bonds is 1. The lowest BCUT2D eigenvalue weighted by Gasteiger charge is -2.01. The van der Waals surface area contributed by atoms with Crippen LogP contribution in [0.3, 0.4) is 0 Å². The number of hydrogen-bond acceptors (Lipinski definition) is 3. The van der Waals surface area contributed by atoms with E-state index in [1.807, 2.05) is 12.1 Å². The van der Waals surface area contributed by atoms with Gasteiger partial charge in [-0.1, -0.05) is 0 Å². The highest BCUT2D eigenvalue weighted by Gasteiger charge is 1.98. The van der Waals surface area contributed by atoms with Crippen molar-refractivity contribution in [2.75, 3.05) is 7.11 Å². The lowest BCUT2D eigenvalue weighted by molar-refractivity contribution is 0.415. The molecule has 2 rings (SSSR count). The van der Waals surface area contributed by atoms with Crippen LogP contribution in [-0.2, 0) is 0 Å². The Hall–Kier alpha value is -1.77. The molecule has 3 nitrogen and oxygen atoms in total. The van der Waals surface area contributed by atoms with Gasteiger partial charge < -0.3 is 9.84 Å². The molecule has 0 saturated heterocycles. The van der Waals surface area contributed by atoms with E-state index < -0.39 is 0 Å².